The first kappa shape index (κ1) is 13.7. The summed E-state index contributed by atoms with van der Waals surface area (Å²) in [7, 11) is 0. The Bertz CT molecular complexity index is 393. The number of aliphatic hydroxyl groups is 1. The lowest BCUT2D eigenvalue weighted by atomic mass is 9.83. The molecule has 17 heavy (non-hydrogen) atoms. The Balaban J connectivity index is 3.02. The van der Waals surface area contributed by atoms with Crippen LogP contribution in [0.15, 0.2) is 24.3 Å². The number of carbonyl (C=O) groups excluding carboxylic acids is 1. The summed E-state index contributed by atoms with van der Waals surface area (Å²) < 4.78 is 0. The fourth-order valence-electron chi connectivity index (χ4n) is 1.68. The molecule has 2 N–H and O–H groups in total. The molecule has 3 heteroatoms. The van der Waals surface area contributed by atoms with Gasteiger partial charge in [0.2, 0.25) is 0 Å². The third kappa shape index (κ3) is 3.56. The summed E-state index contributed by atoms with van der Waals surface area (Å²) in [6, 6.07) is 7.36. The van der Waals surface area contributed by atoms with Crippen LogP contribution in [-0.4, -0.2) is 23.7 Å². The van der Waals surface area contributed by atoms with Crippen LogP contribution in [0.3, 0.4) is 0 Å². The quantitative estimate of drug-likeness (QED) is 0.843. The van der Waals surface area contributed by atoms with Gasteiger partial charge in [-0.15, -0.1) is 0 Å². The highest BCUT2D eigenvalue weighted by atomic mass is 16.3. The molecule has 0 saturated heterocycles. The van der Waals surface area contributed by atoms with E-state index in [9.17, 15) is 4.79 Å². The summed E-state index contributed by atoms with van der Waals surface area (Å²) in [5.41, 5.74) is 1.62. The molecule has 0 unspecified atom stereocenters. The predicted octanol–water partition coefficient (Wildman–Crippen LogP) is 2.09. The third-order valence-corrected chi connectivity index (χ3v) is 2.63. The molecule has 1 aromatic carbocycles. The van der Waals surface area contributed by atoms with E-state index in [2.05, 4.69) is 26.1 Å². The molecular formula is C14H21NO2. The van der Waals surface area contributed by atoms with Crippen LogP contribution >= 0.6 is 0 Å². The summed E-state index contributed by atoms with van der Waals surface area (Å²) in [6.45, 7) is 7.96. The lowest BCUT2D eigenvalue weighted by molar-refractivity contribution is 0.0920. The molecule has 0 aromatic heterocycles. The number of amides is 1. The van der Waals surface area contributed by atoms with Gasteiger partial charge in [0.1, 0.15) is 0 Å². The first-order valence-corrected chi connectivity index (χ1v) is 5.87. The fraction of sp³-hybridized carbons (Fsp3) is 0.500. The summed E-state index contributed by atoms with van der Waals surface area (Å²) in [6.07, 6.45) is 0. The lowest BCUT2D eigenvalue weighted by Gasteiger charge is -2.23. The van der Waals surface area contributed by atoms with Crippen LogP contribution in [0.2, 0.25) is 0 Å². The summed E-state index contributed by atoms with van der Waals surface area (Å²) in [4.78, 5) is 12.1. The number of aliphatic hydroxyl groups excluding tert-OH is 1. The number of benzene rings is 1. The normalized spacial score (nSPS) is 13.2. The van der Waals surface area contributed by atoms with E-state index >= 15 is 0 Å². The molecule has 0 radical (unpaired) electrons. The second-order valence-electron chi connectivity index (χ2n) is 5.35. The average Bonchev–Trinajstić information content (AvgIpc) is 2.27. The van der Waals surface area contributed by atoms with Crippen LogP contribution in [0.1, 0.15) is 43.6 Å². The second-order valence-corrected chi connectivity index (χ2v) is 5.35. The average molecular weight is 235 g/mol. The molecule has 0 bridgehead atoms. The molecule has 1 aromatic rings. The number of nitrogens with one attached hydrogen (secondary N) is 1. The van der Waals surface area contributed by atoms with E-state index in [1.165, 1.54) is 0 Å². The van der Waals surface area contributed by atoms with Gasteiger partial charge in [-0.05, 0) is 24.0 Å². The predicted molar refractivity (Wildman–Crippen MR) is 69.2 cm³/mol. The minimum Gasteiger partial charge on any atom is -0.394 e. The number of hydrogen-bond donors (Lipinski definition) is 2. The van der Waals surface area contributed by atoms with Gasteiger partial charge >= 0.3 is 0 Å². The Morgan fingerprint density at radius 3 is 2.47 bits per heavy atom. The lowest BCUT2D eigenvalue weighted by Crippen LogP contribution is -2.36. The van der Waals surface area contributed by atoms with E-state index in [1.54, 1.807) is 6.92 Å². The largest absolute Gasteiger partial charge is 0.394 e. The van der Waals surface area contributed by atoms with Crippen molar-refractivity contribution in [2.45, 2.75) is 39.2 Å². The minimum atomic E-state index is -0.226. The van der Waals surface area contributed by atoms with Crippen molar-refractivity contribution in [3.63, 3.8) is 0 Å². The monoisotopic (exact) mass is 235 g/mol. The molecule has 0 aliphatic heterocycles. The van der Waals surface area contributed by atoms with Gasteiger partial charge in [-0.1, -0.05) is 39.0 Å². The molecule has 3 nitrogen and oxygen atoms in total. The minimum absolute atomic E-state index is 0.0522. The smallest absolute Gasteiger partial charge is 0.251 e. The summed E-state index contributed by atoms with van der Waals surface area (Å²) >= 11 is 0. The van der Waals surface area contributed by atoms with Crippen molar-refractivity contribution in [2.24, 2.45) is 0 Å². The van der Waals surface area contributed by atoms with Gasteiger partial charge in [-0.3, -0.25) is 4.79 Å². The van der Waals surface area contributed by atoms with E-state index < -0.39 is 0 Å². The third-order valence-electron chi connectivity index (χ3n) is 2.63. The Morgan fingerprint density at radius 2 is 1.94 bits per heavy atom. The van der Waals surface area contributed by atoms with Crippen molar-refractivity contribution in [3.8, 4) is 0 Å². The van der Waals surface area contributed by atoms with Crippen molar-refractivity contribution in [3.05, 3.63) is 35.4 Å². The van der Waals surface area contributed by atoms with Crippen LogP contribution < -0.4 is 5.32 Å². The molecule has 0 fully saturated rings. The Kier molecular flexibility index (Phi) is 4.29. The van der Waals surface area contributed by atoms with Gasteiger partial charge in [0.05, 0.1) is 6.61 Å². The Hall–Kier alpha value is -1.35. The fourth-order valence-corrected chi connectivity index (χ4v) is 1.68. The van der Waals surface area contributed by atoms with E-state index in [1.807, 2.05) is 24.3 Å². The molecule has 0 heterocycles. The first-order valence-electron chi connectivity index (χ1n) is 5.87. The maximum atomic E-state index is 12.1. The SMILES string of the molecule is C[C@@H](CO)NC(=O)c1ccccc1C(C)(C)C. The van der Waals surface area contributed by atoms with Crippen LogP contribution in [0, 0.1) is 0 Å². The molecule has 0 aliphatic rings. The van der Waals surface area contributed by atoms with E-state index in [0.29, 0.717) is 5.56 Å². The highest BCUT2D eigenvalue weighted by Gasteiger charge is 2.21. The van der Waals surface area contributed by atoms with Crippen LogP contribution in [0.5, 0.6) is 0 Å². The van der Waals surface area contributed by atoms with E-state index in [0.717, 1.165) is 5.56 Å². The first-order chi connectivity index (χ1) is 7.86. The highest BCUT2D eigenvalue weighted by Crippen LogP contribution is 2.25. The van der Waals surface area contributed by atoms with Crippen LogP contribution in [0.25, 0.3) is 0 Å². The second kappa shape index (κ2) is 5.32. The van der Waals surface area contributed by atoms with Gasteiger partial charge < -0.3 is 10.4 Å². The number of hydrogen-bond acceptors (Lipinski definition) is 2. The standard InChI is InChI=1S/C14H21NO2/c1-10(9-16)15-13(17)11-7-5-6-8-12(11)14(2,3)4/h5-8,10,16H,9H2,1-4H3,(H,15,17)/t10-/m0/s1. The van der Waals surface area contributed by atoms with Crippen molar-refractivity contribution in [2.75, 3.05) is 6.61 Å². The van der Waals surface area contributed by atoms with Gasteiger partial charge in [-0.25, -0.2) is 0 Å². The van der Waals surface area contributed by atoms with Crippen molar-refractivity contribution in [1.29, 1.82) is 0 Å². The summed E-state index contributed by atoms with van der Waals surface area (Å²) in [5, 5.41) is 11.7. The van der Waals surface area contributed by atoms with Crippen LogP contribution in [0.4, 0.5) is 0 Å². The molecular weight excluding hydrogens is 214 g/mol. The Labute approximate surface area is 103 Å². The Morgan fingerprint density at radius 1 is 1.35 bits per heavy atom. The zero-order valence-electron chi connectivity index (χ0n) is 10.9. The number of carbonyl (C=O) groups is 1. The molecule has 1 amide bonds. The van der Waals surface area contributed by atoms with Gasteiger partial charge in [-0.2, -0.15) is 0 Å². The molecule has 1 atom stereocenters. The maximum Gasteiger partial charge on any atom is 0.251 e. The topological polar surface area (TPSA) is 49.3 Å². The van der Waals surface area contributed by atoms with Gasteiger partial charge in [0.25, 0.3) is 5.91 Å². The zero-order chi connectivity index (χ0) is 13.1. The van der Waals surface area contributed by atoms with Gasteiger partial charge in [0, 0.05) is 11.6 Å². The highest BCUT2D eigenvalue weighted by molar-refractivity contribution is 5.96. The zero-order valence-corrected chi connectivity index (χ0v) is 10.9. The van der Waals surface area contributed by atoms with E-state index in [4.69, 9.17) is 5.11 Å². The summed E-state index contributed by atoms with van der Waals surface area (Å²) in [5.74, 6) is -0.128. The molecule has 1 rings (SSSR count). The van der Waals surface area contributed by atoms with Crippen molar-refractivity contribution in [1.82, 2.24) is 5.32 Å². The molecule has 0 spiro atoms. The molecule has 0 aliphatic carbocycles. The molecule has 0 saturated carbocycles. The molecule has 94 valence electrons. The number of rotatable bonds is 3. The van der Waals surface area contributed by atoms with Crippen LogP contribution in [-0.2, 0) is 5.41 Å². The maximum absolute atomic E-state index is 12.1. The van der Waals surface area contributed by atoms with Crippen molar-refractivity contribution >= 4 is 5.91 Å². The van der Waals surface area contributed by atoms with E-state index in [-0.39, 0.29) is 24.0 Å². The van der Waals surface area contributed by atoms with Gasteiger partial charge in [0.15, 0.2) is 0 Å². The van der Waals surface area contributed by atoms with Crippen molar-refractivity contribution < 1.29 is 9.90 Å².